The van der Waals surface area contributed by atoms with Gasteiger partial charge in [0, 0.05) is 31.9 Å². The topological polar surface area (TPSA) is 103 Å². The molecule has 0 aliphatic carbocycles. The second-order valence-corrected chi connectivity index (χ2v) is 10.8. The lowest BCUT2D eigenvalue weighted by atomic mass is 10.1. The normalized spacial score (nSPS) is 12.0. The number of hydrogen-bond acceptors (Lipinski definition) is 5. The summed E-state index contributed by atoms with van der Waals surface area (Å²) in [6.07, 6.45) is -3.53. The molecule has 0 unspecified atom stereocenters. The van der Waals surface area contributed by atoms with Gasteiger partial charge in [-0.15, -0.1) is 0 Å². The Morgan fingerprint density at radius 2 is 1.76 bits per heavy atom. The van der Waals surface area contributed by atoms with Crippen LogP contribution in [-0.2, 0) is 29.5 Å². The number of carbonyl (C=O) groups excluding carboxylic acids is 1. The Bertz CT molecular complexity index is 1370. The minimum Gasteiger partial charge on any atom is -0.395 e. The summed E-state index contributed by atoms with van der Waals surface area (Å²) in [5.74, 6) is -0.527. The van der Waals surface area contributed by atoms with E-state index in [0.29, 0.717) is 11.1 Å². The first kappa shape index (κ1) is 29.7. The van der Waals surface area contributed by atoms with Crippen LogP contribution in [0.5, 0.6) is 0 Å². The Kier molecular flexibility index (Phi) is 9.60. The lowest BCUT2D eigenvalue weighted by Gasteiger charge is -2.29. The van der Waals surface area contributed by atoms with Gasteiger partial charge >= 0.3 is 16.4 Å². The van der Waals surface area contributed by atoms with E-state index in [2.05, 4.69) is 10.3 Å². The molecule has 0 spiro atoms. The van der Waals surface area contributed by atoms with Crippen LogP contribution in [0.2, 0.25) is 10.0 Å². The van der Waals surface area contributed by atoms with E-state index < -0.39 is 34.6 Å². The maximum absolute atomic E-state index is 13.3. The zero-order valence-electron chi connectivity index (χ0n) is 19.9. The SMILES string of the molecule is CN(CCO)S(=O)(=O)N(Cc1cccc(Cl)c1Cl)c1ccc(C(=O)NCc2ccc(C(F)(F)F)nc2)cc1. The van der Waals surface area contributed by atoms with Crippen molar-refractivity contribution in [2.75, 3.05) is 24.5 Å². The summed E-state index contributed by atoms with van der Waals surface area (Å²) in [7, 11) is -2.80. The third-order valence-electron chi connectivity index (χ3n) is 5.42. The molecule has 1 amide bonds. The van der Waals surface area contributed by atoms with Crippen LogP contribution in [0.4, 0.5) is 18.9 Å². The van der Waals surface area contributed by atoms with Crippen molar-refractivity contribution < 1.29 is 31.5 Å². The number of aliphatic hydroxyl groups excluding tert-OH is 1. The van der Waals surface area contributed by atoms with Crippen LogP contribution in [-0.4, -0.2) is 48.9 Å². The number of anilines is 1. The molecule has 0 atom stereocenters. The highest BCUT2D eigenvalue weighted by atomic mass is 35.5. The number of amides is 1. The van der Waals surface area contributed by atoms with Crippen molar-refractivity contribution in [3.8, 4) is 0 Å². The van der Waals surface area contributed by atoms with Crippen LogP contribution in [0.1, 0.15) is 27.2 Å². The Labute approximate surface area is 227 Å². The van der Waals surface area contributed by atoms with Crippen LogP contribution in [0.25, 0.3) is 0 Å². The van der Waals surface area contributed by atoms with E-state index in [0.717, 1.165) is 20.9 Å². The molecule has 38 heavy (non-hydrogen) atoms. The van der Waals surface area contributed by atoms with Gasteiger partial charge in [0.1, 0.15) is 5.69 Å². The Hall–Kier alpha value is -2.90. The monoisotopic (exact) mass is 590 g/mol. The summed E-state index contributed by atoms with van der Waals surface area (Å²) >= 11 is 12.4. The first-order chi connectivity index (χ1) is 17.8. The number of carbonyl (C=O) groups is 1. The highest BCUT2D eigenvalue weighted by Crippen LogP contribution is 2.30. The Morgan fingerprint density at radius 1 is 1.08 bits per heavy atom. The molecule has 1 heterocycles. The van der Waals surface area contributed by atoms with Gasteiger partial charge in [-0.05, 0) is 47.5 Å². The van der Waals surface area contributed by atoms with Crippen molar-refractivity contribution >= 4 is 45.0 Å². The zero-order valence-corrected chi connectivity index (χ0v) is 22.2. The number of aromatic nitrogens is 1. The summed E-state index contributed by atoms with van der Waals surface area (Å²) in [5.41, 5.74) is 0.175. The van der Waals surface area contributed by atoms with Gasteiger partial charge in [0.2, 0.25) is 0 Å². The second kappa shape index (κ2) is 12.3. The van der Waals surface area contributed by atoms with Crippen molar-refractivity contribution in [2.24, 2.45) is 0 Å². The number of hydrogen-bond donors (Lipinski definition) is 2. The Morgan fingerprint density at radius 3 is 2.34 bits per heavy atom. The number of alkyl halides is 3. The van der Waals surface area contributed by atoms with Gasteiger partial charge in [-0.3, -0.25) is 14.1 Å². The summed E-state index contributed by atoms with van der Waals surface area (Å²) < 4.78 is 66.6. The molecule has 0 aliphatic heterocycles. The highest BCUT2D eigenvalue weighted by molar-refractivity contribution is 7.90. The number of likely N-dealkylation sites (N-methyl/N-ethyl adjacent to an activating group) is 1. The quantitative estimate of drug-likeness (QED) is 0.361. The van der Waals surface area contributed by atoms with Crippen molar-refractivity contribution in [2.45, 2.75) is 19.3 Å². The first-order valence-corrected chi connectivity index (χ1v) is 13.2. The van der Waals surface area contributed by atoms with Gasteiger partial charge in [-0.25, -0.2) is 0 Å². The number of nitrogens with one attached hydrogen (secondary N) is 1. The smallest absolute Gasteiger partial charge is 0.395 e. The molecular formula is C24H23Cl2F3N4O4S. The zero-order chi connectivity index (χ0) is 28.1. The molecule has 3 aromatic rings. The molecule has 0 bridgehead atoms. The van der Waals surface area contributed by atoms with E-state index in [9.17, 15) is 31.5 Å². The van der Waals surface area contributed by atoms with E-state index >= 15 is 0 Å². The first-order valence-electron chi connectivity index (χ1n) is 11.0. The maximum atomic E-state index is 13.3. The summed E-state index contributed by atoms with van der Waals surface area (Å²) in [4.78, 5) is 15.9. The van der Waals surface area contributed by atoms with E-state index in [1.807, 2.05) is 0 Å². The largest absolute Gasteiger partial charge is 0.433 e. The third-order valence-corrected chi connectivity index (χ3v) is 8.14. The van der Waals surface area contributed by atoms with Crippen LogP contribution in [0.15, 0.2) is 60.8 Å². The van der Waals surface area contributed by atoms with Gasteiger partial charge in [-0.2, -0.15) is 25.9 Å². The van der Waals surface area contributed by atoms with Gasteiger partial charge in [0.15, 0.2) is 0 Å². The lowest BCUT2D eigenvalue weighted by molar-refractivity contribution is -0.141. The number of rotatable bonds is 10. The predicted octanol–water partition coefficient (Wildman–Crippen LogP) is 4.51. The van der Waals surface area contributed by atoms with E-state index in [1.165, 1.54) is 37.4 Å². The van der Waals surface area contributed by atoms with Gasteiger partial charge in [-0.1, -0.05) is 41.4 Å². The summed E-state index contributed by atoms with van der Waals surface area (Å²) in [6, 6.07) is 12.5. The molecule has 204 valence electrons. The molecule has 0 aliphatic rings. The third kappa shape index (κ3) is 7.14. The Balaban J connectivity index is 1.80. The van der Waals surface area contributed by atoms with Crippen LogP contribution in [0.3, 0.4) is 0 Å². The fourth-order valence-electron chi connectivity index (χ4n) is 3.32. The average Bonchev–Trinajstić information content (AvgIpc) is 2.88. The van der Waals surface area contributed by atoms with Crippen LogP contribution >= 0.6 is 23.2 Å². The number of pyridine rings is 1. The molecular weight excluding hydrogens is 568 g/mol. The van der Waals surface area contributed by atoms with Crippen molar-refractivity contribution in [3.05, 3.63) is 93.2 Å². The van der Waals surface area contributed by atoms with E-state index in [-0.39, 0.29) is 40.9 Å². The predicted molar refractivity (Wildman–Crippen MR) is 138 cm³/mol. The standard InChI is InChI=1S/C24H23Cl2F3N4O4S/c1-32(11-12-34)38(36,37)33(15-18-3-2-4-20(25)22(18)26)19-8-6-17(7-9-19)23(35)31-14-16-5-10-21(30-13-16)24(27,28)29/h2-10,13,34H,11-12,14-15H2,1H3,(H,31,35). The van der Waals surface area contributed by atoms with Crippen molar-refractivity contribution in [3.63, 3.8) is 0 Å². The summed E-state index contributed by atoms with van der Waals surface area (Å²) in [6.45, 7) is -0.786. The minimum atomic E-state index is -4.56. The number of aliphatic hydroxyl groups is 1. The van der Waals surface area contributed by atoms with Gasteiger partial charge < -0.3 is 10.4 Å². The fraction of sp³-hybridized carbons (Fsp3) is 0.250. The second-order valence-electron chi connectivity index (χ2n) is 8.05. The summed E-state index contributed by atoms with van der Waals surface area (Å²) in [5, 5.41) is 12.3. The number of halogens is 5. The molecule has 1 aromatic heterocycles. The molecule has 2 aromatic carbocycles. The molecule has 14 heteroatoms. The number of nitrogens with zero attached hydrogens (tertiary/aromatic N) is 3. The highest BCUT2D eigenvalue weighted by Gasteiger charge is 2.32. The van der Waals surface area contributed by atoms with E-state index in [4.69, 9.17) is 23.2 Å². The van der Waals surface area contributed by atoms with Crippen molar-refractivity contribution in [1.82, 2.24) is 14.6 Å². The molecule has 3 rings (SSSR count). The molecule has 0 saturated heterocycles. The van der Waals surface area contributed by atoms with Gasteiger partial charge in [0.25, 0.3) is 5.91 Å². The number of benzene rings is 2. The fourth-order valence-corrected chi connectivity index (χ4v) is 5.04. The maximum Gasteiger partial charge on any atom is 0.433 e. The molecule has 0 radical (unpaired) electrons. The lowest BCUT2D eigenvalue weighted by Crippen LogP contribution is -2.42. The molecule has 2 N–H and O–H groups in total. The molecule has 8 nitrogen and oxygen atoms in total. The van der Waals surface area contributed by atoms with Crippen molar-refractivity contribution in [1.29, 1.82) is 0 Å². The minimum absolute atomic E-state index is 0.0640. The van der Waals surface area contributed by atoms with Crippen LogP contribution in [0, 0.1) is 0 Å². The average molecular weight is 591 g/mol. The molecule has 0 fully saturated rings. The molecule has 0 saturated carbocycles. The van der Waals surface area contributed by atoms with Gasteiger partial charge in [0.05, 0.1) is 28.9 Å². The van der Waals surface area contributed by atoms with Crippen LogP contribution < -0.4 is 9.62 Å². The van der Waals surface area contributed by atoms with E-state index in [1.54, 1.807) is 18.2 Å².